The van der Waals surface area contributed by atoms with E-state index in [4.69, 9.17) is 16.8 Å². The number of para-hydroxylation sites is 2. The molecule has 7 nitrogen and oxygen atoms in total. The third-order valence-electron chi connectivity index (χ3n) is 2.29. The van der Waals surface area contributed by atoms with E-state index in [1.54, 1.807) is 24.3 Å². The quantitative estimate of drug-likeness (QED) is 0.509. The van der Waals surface area contributed by atoms with Crippen LogP contribution in [0, 0.1) is 11.3 Å². The summed E-state index contributed by atoms with van der Waals surface area (Å²) in [6, 6.07) is 8.85. The summed E-state index contributed by atoms with van der Waals surface area (Å²) >= 11 is 0. The van der Waals surface area contributed by atoms with Gasteiger partial charge in [-0.1, -0.05) is 12.1 Å². The predicted octanol–water partition coefficient (Wildman–Crippen LogP) is 0.155. The van der Waals surface area contributed by atoms with E-state index in [1.807, 2.05) is 6.07 Å². The molecule has 0 spiro atoms. The van der Waals surface area contributed by atoms with Gasteiger partial charge in [0.1, 0.15) is 11.6 Å². The number of hydrogen-bond donors (Lipinski definition) is 3. The van der Waals surface area contributed by atoms with Crippen LogP contribution >= 0.6 is 0 Å². The van der Waals surface area contributed by atoms with Gasteiger partial charge < -0.3 is 16.9 Å². The van der Waals surface area contributed by atoms with Gasteiger partial charge in [0.2, 0.25) is 0 Å². The monoisotopic (exact) mass is 242 g/mol. The highest BCUT2D eigenvalue weighted by Crippen LogP contribution is 2.22. The lowest BCUT2D eigenvalue weighted by Crippen LogP contribution is -2.30. The number of nitrogens with one attached hydrogen (secondary N) is 1. The standard InChI is InChI=1S/C11H10N6O/c12-5-7-6-17(14)11(18)16-10(7)15-9-4-2-1-3-8(9)13/h1-4,6H,13-14H2,(H,15,16,18). The molecule has 2 rings (SSSR count). The first kappa shape index (κ1) is 11.5. The largest absolute Gasteiger partial charge is 0.397 e. The molecule has 0 aliphatic carbocycles. The van der Waals surface area contributed by atoms with E-state index < -0.39 is 5.69 Å². The number of aromatic nitrogens is 2. The summed E-state index contributed by atoms with van der Waals surface area (Å²) in [6.45, 7) is 0. The molecule has 7 heteroatoms. The molecule has 5 N–H and O–H groups in total. The third kappa shape index (κ3) is 2.08. The summed E-state index contributed by atoms with van der Waals surface area (Å²) in [7, 11) is 0. The van der Waals surface area contributed by atoms with Gasteiger partial charge in [0.05, 0.1) is 17.6 Å². The average molecular weight is 242 g/mol. The average Bonchev–Trinajstić information content (AvgIpc) is 2.36. The molecule has 0 radical (unpaired) electrons. The second kappa shape index (κ2) is 4.47. The van der Waals surface area contributed by atoms with E-state index in [-0.39, 0.29) is 11.4 Å². The van der Waals surface area contributed by atoms with Crippen LogP contribution in [0.5, 0.6) is 0 Å². The zero-order valence-corrected chi connectivity index (χ0v) is 9.29. The maximum Gasteiger partial charge on any atom is 0.367 e. The minimum Gasteiger partial charge on any atom is -0.397 e. The molecule has 1 aromatic heterocycles. The normalized spacial score (nSPS) is 9.72. The Bertz CT molecular complexity index is 685. The number of nitrogen functional groups attached to an aromatic ring is 2. The Hall–Kier alpha value is -3.01. The number of benzene rings is 1. The van der Waals surface area contributed by atoms with Crippen molar-refractivity contribution in [2.24, 2.45) is 0 Å². The number of nitrogens with zero attached hydrogens (tertiary/aromatic N) is 3. The van der Waals surface area contributed by atoms with Crippen molar-refractivity contribution in [1.29, 1.82) is 5.26 Å². The smallest absolute Gasteiger partial charge is 0.367 e. The van der Waals surface area contributed by atoms with Crippen LogP contribution in [-0.4, -0.2) is 9.66 Å². The maximum atomic E-state index is 11.3. The summed E-state index contributed by atoms with van der Waals surface area (Å²) in [5, 5.41) is 11.8. The number of rotatable bonds is 2. The molecule has 2 aromatic rings. The fourth-order valence-corrected chi connectivity index (χ4v) is 1.38. The van der Waals surface area contributed by atoms with Crippen molar-refractivity contribution in [3.8, 4) is 6.07 Å². The first-order valence-corrected chi connectivity index (χ1v) is 5.02. The highest BCUT2D eigenvalue weighted by Gasteiger charge is 2.08. The molecule has 90 valence electrons. The van der Waals surface area contributed by atoms with E-state index in [1.165, 1.54) is 6.20 Å². The fraction of sp³-hybridized carbons (Fsp3) is 0. The molecule has 0 atom stereocenters. The van der Waals surface area contributed by atoms with Gasteiger partial charge in [-0.3, -0.25) is 0 Å². The van der Waals surface area contributed by atoms with Crippen molar-refractivity contribution in [3.63, 3.8) is 0 Å². The zero-order chi connectivity index (χ0) is 13.1. The highest BCUT2D eigenvalue weighted by molar-refractivity contribution is 5.72. The Labute approximate surface area is 102 Å². The van der Waals surface area contributed by atoms with Crippen molar-refractivity contribution in [2.75, 3.05) is 16.9 Å². The molecule has 0 unspecified atom stereocenters. The molecular formula is C11H10N6O. The summed E-state index contributed by atoms with van der Waals surface area (Å²) < 4.78 is 0.748. The van der Waals surface area contributed by atoms with Gasteiger partial charge in [-0.2, -0.15) is 10.2 Å². The van der Waals surface area contributed by atoms with Crippen LogP contribution in [0.3, 0.4) is 0 Å². The van der Waals surface area contributed by atoms with Crippen LogP contribution in [-0.2, 0) is 0 Å². The number of nitriles is 1. The molecule has 0 saturated carbocycles. The van der Waals surface area contributed by atoms with Crippen LogP contribution in [0.15, 0.2) is 35.3 Å². The number of anilines is 3. The molecule has 0 aliphatic rings. The topological polar surface area (TPSA) is 123 Å². The van der Waals surface area contributed by atoms with Crippen molar-refractivity contribution in [3.05, 3.63) is 46.5 Å². The van der Waals surface area contributed by atoms with Crippen LogP contribution in [0.1, 0.15) is 5.56 Å². The van der Waals surface area contributed by atoms with E-state index >= 15 is 0 Å². The number of hydrogen-bond acceptors (Lipinski definition) is 6. The first-order valence-electron chi connectivity index (χ1n) is 5.02. The van der Waals surface area contributed by atoms with Crippen LogP contribution in [0.2, 0.25) is 0 Å². The molecule has 0 bridgehead atoms. The second-order valence-corrected chi connectivity index (χ2v) is 3.52. The van der Waals surface area contributed by atoms with Gasteiger partial charge in [-0.05, 0) is 12.1 Å². The van der Waals surface area contributed by atoms with Crippen molar-refractivity contribution >= 4 is 17.2 Å². The van der Waals surface area contributed by atoms with Crippen molar-refractivity contribution < 1.29 is 0 Å². The van der Waals surface area contributed by atoms with E-state index in [2.05, 4.69) is 10.3 Å². The lowest BCUT2D eigenvalue weighted by molar-refractivity contribution is 0.870. The van der Waals surface area contributed by atoms with E-state index in [0.717, 1.165) is 4.68 Å². The van der Waals surface area contributed by atoms with Crippen LogP contribution < -0.4 is 22.6 Å². The molecule has 0 fully saturated rings. The van der Waals surface area contributed by atoms with Gasteiger partial charge in [0.15, 0.2) is 5.82 Å². The van der Waals surface area contributed by atoms with Gasteiger partial charge in [-0.25, -0.2) is 9.47 Å². The maximum absolute atomic E-state index is 11.3. The third-order valence-corrected chi connectivity index (χ3v) is 2.29. The predicted molar refractivity (Wildman–Crippen MR) is 67.5 cm³/mol. The summed E-state index contributed by atoms with van der Waals surface area (Å²) in [5.41, 5.74) is 6.29. The van der Waals surface area contributed by atoms with Gasteiger partial charge in [0, 0.05) is 0 Å². The Morgan fingerprint density at radius 1 is 1.39 bits per heavy atom. The summed E-state index contributed by atoms with van der Waals surface area (Å²) in [5.74, 6) is 5.45. The minimum absolute atomic E-state index is 0.127. The molecule has 0 amide bonds. The number of nitrogens with two attached hydrogens (primary N) is 2. The van der Waals surface area contributed by atoms with E-state index in [0.29, 0.717) is 11.4 Å². The van der Waals surface area contributed by atoms with Gasteiger partial charge in [0.25, 0.3) is 0 Å². The second-order valence-electron chi connectivity index (χ2n) is 3.52. The lowest BCUT2D eigenvalue weighted by atomic mass is 10.2. The van der Waals surface area contributed by atoms with Crippen molar-refractivity contribution in [1.82, 2.24) is 9.66 Å². The van der Waals surface area contributed by atoms with Crippen LogP contribution in [0.25, 0.3) is 0 Å². The molecule has 0 aliphatic heterocycles. The Morgan fingerprint density at radius 2 is 2.11 bits per heavy atom. The highest BCUT2D eigenvalue weighted by atomic mass is 16.1. The summed E-state index contributed by atoms with van der Waals surface area (Å²) in [6.07, 6.45) is 1.21. The Balaban J connectivity index is 2.47. The SMILES string of the molecule is N#Cc1cn(N)c(=O)nc1Nc1ccccc1N. The Kier molecular flexibility index (Phi) is 2.85. The first-order chi connectivity index (χ1) is 8.61. The molecular weight excluding hydrogens is 232 g/mol. The summed E-state index contributed by atoms with van der Waals surface area (Å²) in [4.78, 5) is 15.0. The zero-order valence-electron chi connectivity index (χ0n) is 9.29. The van der Waals surface area contributed by atoms with Crippen LogP contribution in [0.4, 0.5) is 17.2 Å². The Morgan fingerprint density at radius 3 is 2.78 bits per heavy atom. The van der Waals surface area contributed by atoms with Crippen molar-refractivity contribution in [2.45, 2.75) is 0 Å². The molecule has 1 aromatic carbocycles. The molecule has 1 heterocycles. The molecule has 0 saturated heterocycles. The molecule has 18 heavy (non-hydrogen) atoms. The minimum atomic E-state index is -0.661. The van der Waals surface area contributed by atoms with Gasteiger partial charge in [-0.15, -0.1) is 0 Å². The van der Waals surface area contributed by atoms with Gasteiger partial charge >= 0.3 is 5.69 Å². The fourth-order valence-electron chi connectivity index (χ4n) is 1.38. The van der Waals surface area contributed by atoms with E-state index in [9.17, 15) is 4.79 Å². The lowest BCUT2D eigenvalue weighted by Gasteiger charge is -2.09.